The van der Waals surface area contributed by atoms with Crippen molar-refractivity contribution in [2.75, 3.05) is 10.5 Å². The Bertz CT molecular complexity index is 1300. The molecule has 3 aromatic carbocycles. The van der Waals surface area contributed by atoms with E-state index in [-0.39, 0.29) is 10.7 Å². The van der Waals surface area contributed by atoms with Crippen LogP contribution >= 0.6 is 0 Å². The van der Waals surface area contributed by atoms with Crippen molar-refractivity contribution in [3.63, 3.8) is 0 Å². The molecule has 0 spiro atoms. The summed E-state index contributed by atoms with van der Waals surface area (Å²) in [6.45, 7) is 1.88. The number of nitrogens with two attached hydrogens (primary N) is 1. The fraction of sp³-hybridized carbons (Fsp3) is 0.0455. The maximum absolute atomic E-state index is 13.4. The van der Waals surface area contributed by atoms with Crippen LogP contribution in [0.25, 0.3) is 22.0 Å². The molecular formula is C22H18FN3O2S. The first-order valence-electron chi connectivity index (χ1n) is 8.89. The van der Waals surface area contributed by atoms with E-state index in [1.807, 2.05) is 19.1 Å². The van der Waals surface area contributed by atoms with Gasteiger partial charge >= 0.3 is 0 Å². The standard InChI is InChI=1S/C22H18FN3O2S/c1-14-6-12-17(13-7-14)29(27,28)26-22-20(15-8-10-16(23)11-9-15)21(24)18-4-2-3-5-19(18)25-22/h2-13H,1H3,(H3,24,25,26). The third-order valence-electron chi connectivity index (χ3n) is 4.63. The number of nitrogen functional groups attached to an aromatic ring is 1. The van der Waals surface area contributed by atoms with Gasteiger partial charge in [-0.25, -0.2) is 17.8 Å². The average molecular weight is 407 g/mol. The Morgan fingerprint density at radius 2 is 1.59 bits per heavy atom. The number of benzene rings is 3. The number of aryl methyl sites for hydroxylation is 1. The first-order chi connectivity index (χ1) is 13.8. The van der Waals surface area contributed by atoms with E-state index in [1.165, 1.54) is 24.3 Å². The molecule has 0 aliphatic carbocycles. The lowest BCUT2D eigenvalue weighted by molar-refractivity contribution is 0.601. The number of rotatable bonds is 4. The molecule has 146 valence electrons. The summed E-state index contributed by atoms with van der Waals surface area (Å²) in [4.78, 5) is 4.61. The van der Waals surface area contributed by atoms with Crippen LogP contribution in [0, 0.1) is 12.7 Å². The van der Waals surface area contributed by atoms with Crippen LogP contribution in [0.2, 0.25) is 0 Å². The van der Waals surface area contributed by atoms with Gasteiger partial charge in [-0.3, -0.25) is 4.72 Å². The molecule has 4 aromatic rings. The molecule has 3 N–H and O–H groups in total. The van der Waals surface area contributed by atoms with Crippen molar-refractivity contribution in [1.29, 1.82) is 0 Å². The molecule has 0 amide bonds. The molecule has 0 fully saturated rings. The number of para-hydroxylation sites is 1. The minimum Gasteiger partial charge on any atom is -0.398 e. The lowest BCUT2D eigenvalue weighted by Crippen LogP contribution is -2.15. The van der Waals surface area contributed by atoms with Gasteiger partial charge in [-0.05, 0) is 42.8 Å². The molecule has 0 aliphatic rings. The highest BCUT2D eigenvalue weighted by atomic mass is 32.2. The highest BCUT2D eigenvalue weighted by Gasteiger charge is 2.21. The van der Waals surface area contributed by atoms with Crippen LogP contribution < -0.4 is 10.5 Å². The molecule has 0 saturated heterocycles. The van der Waals surface area contributed by atoms with Crippen molar-refractivity contribution in [1.82, 2.24) is 4.98 Å². The summed E-state index contributed by atoms with van der Waals surface area (Å²) >= 11 is 0. The molecule has 0 atom stereocenters. The van der Waals surface area contributed by atoms with E-state index in [1.54, 1.807) is 36.4 Å². The molecule has 0 saturated carbocycles. The van der Waals surface area contributed by atoms with Gasteiger partial charge in [0.25, 0.3) is 10.0 Å². The fourth-order valence-electron chi connectivity index (χ4n) is 3.12. The van der Waals surface area contributed by atoms with Gasteiger partial charge in [0.2, 0.25) is 0 Å². The van der Waals surface area contributed by atoms with Crippen LogP contribution in [0.5, 0.6) is 0 Å². The number of hydrogen-bond acceptors (Lipinski definition) is 4. The van der Waals surface area contributed by atoms with Gasteiger partial charge < -0.3 is 5.73 Å². The molecule has 4 rings (SSSR count). The monoisotopic (exact) mass is 407 g/mol. The number of nitrogens with one attached hydrogen (secondary N) is 1. The maximum Gasteiger partial charge on any atom is 0.263 e. The zero-order valence-electron chi connectivity index (χ0n) is 15.6. The Balaban J connectivity index is 1.91. The number of pyridine rings is 1. The largest absolute Gasteiger partial charge is 0.398 e. The van der Waals surface area contributed by atoms with Crippen LogP contribution in [0.4, 0.5) is 15.9 Å². The lowest BCUT2D eigenvalue weighted by Gasteiger charge is -2.16. The fourth-order valence-corrected chi connectivity index (χ4v) is 4.14. The number of halogens is 1. The molecular weight excluding hydrogens is 389 g/mol. The summed E-state index contributed by atoms with van der Waals surface area (Å²) in [6, 6.07) is 19.4. The van der Waals surface area contributed by atoms with Crippen molar-refractivity contribution in [3.05, 3.63) is 84.2 Å². The smallest absolute Gasteiger partial charge is 0.263 e. The van der Waals surface area contributed by atoms with E-state index in [9.17, 15) is 12.8 Å². The molecule has 0 unspecified atom stereocenters. The van der Waals surface area contributed by atoms with Gasteiger partial charge in [-0.1, -0.05) is 48.0 Å². The summed E-state index contributed by atoms with van der Waals surface area (Å²) in [7, 11) is -3.90. The molecule has 1 heterocycles. The second-order valence-electron chi connectivity index (χ2n) is 6.69. The first kappa shape index (κ1) is 18.9. The van der Waals surface area contributed by atoms with E-state index in [4.69, 9.17) is 5.73 Å². The number of sulfonamides is 1. The quantitative estimate of drug-likeness (QED) is 0.512. The number of anilines is 2. The van der Waals surface area contributed by atoms with Gasteiger partial charge in [-0.2, -0.15) is 0 Å². The van der Waals surface area contributed by atoms with E-state index in [0.717, 1.165) is 5.56 Å². The molecule has 0 bridgehead atoms. The van der Waals surface area contributed by atoms with Crippen molar-refractivity contribution < 1.29 is 12.8 Å². The summed E-state index contributed by atoms with van der Waals surface area (Å²) in [5.74, 6) is -0.309. The van der Waals surface area contributed by atoms with Crippen LogP contribution in [-0.4, -0.2) is 13.4 Å². The van der Waals surface area contributed by atoms with Crippen molar-refractivity contribution >= 4 is 32.4 Å². The van der Waals surface area contributed by atoms with Crippen LogP contribution in [0.15, 0.2) is 77.7 Å². The van der Waals surface area contributed by atoms with Crippen molar-refractivity contribution in [3.8, 4) is 11.1 Å². The van der Waals surface area contributed by atoms with Crippen molar-refractivity contribution in [2.24, 2.45) is 0 Å². The summed E-state index contributed by atoms with van der Waals surface area (Å²) in [6.07, 6.45) is 0. The highest BCUT2D eigenvalue weighted by Crippen LogP contribution is 2.38. The van der Waals surface area contributed by atoms with Gasteiger partial charge in [0, 0.05) is 10.9 Å². The summed E-state index contributed by atoms with van der Waals surface area (Å²) < 4.78 is 41.9. The molecule has 29 heavy (non-hydrogen) atoms. The average Bonchev–Trinajstić information content (AvgIpc) is 2.69. The predicted octanol–water partition coefficient (Wildman–Crippen LogP) is 4.73. The zero-order chi connectivity index (χ0) is 20.6. The molecule has 5 nitrogen and oxygen atoms in total. The molecule has 0 radical (unpaired) electrons. The molecule has 7 heteroatoms. The third-order valence-corrected chi connectivity index (χ3v) is 5.98. The lowest BCUT2D eigenvalue weighted by atomic mass is 10.0. The van der Waals surface area contributed by atoms with Gasteiger partial charge in [-0.15, -0.1) is 0 Å². The SMILES string of the molecule is Cc1ccc(S(=O)(=O)Nc2nc3ccccc3c(N)c2-c2ccc(F)cc2)cc1. The third kappa shape index (κ3) is 3.64. The summed E-state index contributed by atoms with van der Waals surface area (Å²) in [5.41, 5.74) is 9.23. The molecule has 1 aromatic heterocycles. The van der Waals surface area contributed by atoms with Crippen LogP contribution in [0.3, 0.4) is 0 Å². The van der Waals surface area contributed by atoms with Gasteiger partial charge in [0.15, 0.2) is 0 Å². The first-order valence-corrected chi connectivity index (χ1v) is 10.4. The minimum absolute atomic E-state index is 0.0911. The van der Waals surface area contributed by atoms with Gasteiger partial charge in [0.05, 0.1) is 16.1 Å². The topological polar surface area (TPSA) is 85.1 Å². The Hall–Kier alpha value is -3.45. The second-order valence-corrected chi connectivity index (χ2v) is 8.37. The predicted molar refractivity (Wildman–Crippen MR) is 114 cm³/mol. The van der Waals surface area contributed by atoms with E-state index in [0.29, 0.717) is 27.7 Å². The van der Waals surface area contributed by atoms with E-state index in [2.05, 4.69) is 9.71 Å². The second kappa shape index (κ2) is 7.18. The zero-order valence-corrected chi connectivity index (χ0v) is 16.4. The minimum atomic E-state index is -3.90. The Labute approximate surface area is 168 Å². The van der Waals surface area contributed by atoms with Crippen molar-refractivity contribution in [2.45, 2.75) is 11.8 Å². The van der Waals surface area contributed by atoms with Crippen LogP contribution in [-0.2, 0) is 10.0 Å². The normalized spacial score (nSPS) is 11.5. The Kier molecular flexibility index (Phi) is 4.68. The number of nitrogens with zero attached hydrogens (tertiary/aromatic N) is 1. The number of aromatic nitrogens is 1. The Morgan fingerprint density at radius 3 is 2.28 bits per heavy atom. The maximum atomic E-state index is 13.4. The van der Waals surface area contributed by atoms with Crippen LogP contribution in [0.1, 0.15) is 5.56 Å². The van der Waals surface area contributed by atoms with E-state index >= 15 is 0 Å². The molecule has 0 aliphatic heterocycles. The number of fused-ring (bicyclic) bond motifs is 1. The van der Waals surface area contributed by atoms with Gasteiger partial charge in [0.1, 0.15) is 11.6 Å². The number of hydrogen-bond donors (Lipinski definition) is 2. The summed E-state index contributed by atoms with van der Waals surface area (Å²) in [5, 5.41) is 0.685. The highest BCUT2D eigenvalue weighted by molar-refractivity contribution is 7.92. The van der Waals surface area contributed by atoms with E-state index < -0.39 is 15.8 Å². The Morgan fingerprint density at radius 1 is 0.931 bits per heavy atom.